The minimum absolute atomic E-state index is 0.00679. The molecule has 10 heteroatoms. The van der Waals surface area contributed by atoms with Gasteiger partial charge in [0.25, 0.3) is 0 Å². The van der Waals surface area contributed by atoms with E-state index in [0.717, 1.165) is 12.8 Å². The number of carbonyl (C=O) groups is 3. The van der Waals surface area contributed by atoms with E-state index in [1.54, 1.807) is 7.11 Å². The van der Waals surface area contributed by atoms with Gasteiger partial charge < -0.3 is 33.2 Å². The highest BCUT2D eigenvalue weighted by molar-refractivity contribution is 5.67. The SMILES string of the molecule is CO[C@H]1C[C@@H]2C[C@@H]([C@@]3(C)[C@H](C)C[C@H](OC(C)=O)[C@]4(COC(C)=O)[C@@H]3CC[C@H](OC(C)=O)[C@]43CO3)O[C@@H]2O1. The van der Waals surface area contributed by atoms with Gasteiger partial charge in [-0.3, -0.25) is 14.4 Å². The number of ether oxygens (including phenoxy) is 7. The van der Waals surface area contributed by atoms with Gasteiger partial charge in [-0.2, -0.15) is 0 Å². The van der Waals surface area contributed by atoms with Crippen molar-refractivity contribution in [3.8, 4) is 0 Å². The van der Waals surface area contributed by atoms with Crippen molar-refractivity contribution in [1.82, 2.24) is 0 Å². The van der Waals surface area contributed by atoms with Crippen LogP contribution >= 0.6 is 0 Å². The van der Waals surface area contributed by atoms with E-state index in [2.05, 4.69) is 13.8 Å². The first kappa shape index (κ1) is 26.8. The number of hydrogen-bond acceptors (Lipinski definition) is 10. The third kappa shape index (κ3) is 4.10. The Kier molecular flexibility index (Phi) is 6.87. The van der Waals surface area contributed by atoms with Crippen LogP contribution in [-0.2, 0) is 47.5 Å². The Balaban J connectivity index is 1.57. The molecule has 208 valence electrons. The quantitative estimate of drug-likeness (QED) is 0.291. The average molecular weight is 525 g/mol. The Morgan fingerprint density at radius 3 is 2.16 bits per heavy atom. The molecule has 0 radical (unpaired) electrons. The van der Waals surface area contributed by atoms with E-state index in [9.17, 15) is 14.4 Å². The largest absolute Gasteiger partial charge is 0.465 e. The normalized spacial score (nSPS) is 48.2. The van der Waals surface area contributed by atoms with E-state index in [0.29, 0.717) is 25.9 Å². The molecule has 0 amide bonds. The zero-order valence-electron chi connectivity index (χ0n) is 22.7. The maximum atomic E-state index is 12.4. The summed E-state index contributed by atoms with van der Waals surface area (Å²) >= 11 is 0. The molecular weight excluding hydrogens is 484 g/mol. The summed E-state index contributed by atoms with van der Waals surface area (Å²) < 4.78 is 41.8. The van der Waals surface area contributed by atoms with Crippen molar-refractivity contribution in [3.63, 3.8) is 0 Å². The zero-order chi connectivity index (χ0) is 26.8. The molecule has 5 fully saturated rings. The van der Waals surface area contributed by atoms with Gasteiger partial charge in [-0.1, -0.05) is 13.8 Å². The van der Waals surface area contributed by atoms with Crippen LogP contribution in [-0.4, -0.2) is 74.7 Å². The van der Waals surface area contributed by atoms with Crippen LogP contribution in [0.25, 0.3) is 0 Å². The van der Waals surface area contributed by atoms with Crippen molar-refractivity contribution in [3.05, 3.63) is 0 Å². The lowest BCUT2D eigenvalue weighted by molar-refractivity contribution is -0.276. The van der Waals surface area contributed by atoms with Crippen LogP contribution in [0.4, 0.5) is 0 Å². The summed E-state index contributed by atoms with van der Waals surface area (Å²) in [5.74, 6) is -0.964. The molecule has 37 heavy (non-hydrogen) atoms. The van der Waals surface area contributed by atoms with Gasteiger partial charge in [0.1, 0.15) is 24.4 Å². The fraction of sp³-hybridized carbons (Fsp3) is 0.889. The fourth-order valence-corrected chi connectivity index (χ4v) is 8.28. The Bertz CT molecular complexity index is 918. The Morgan fingerprint density at radius 2 is 1.59 bits per heavy atom. The molecule has 0 aromatic rings. The molecule has 3 heterocycles. The van der Waals surface area contributed by atoms with Crippen molar-refractivity contribution < 1.29 is 47.5 Å². The number of fused-ring (bicyclic) bond motifs is 3. The van der Waals surface area contributed by atoms with E-state index in [1.807, 2.05) is 0 Å². The summed E-state index contributed by atoms with van der Waals surface area (Å²) in [5.41, 5.74) is -2.18. The molecule has 0 aromatic carbocycles. The predicted molar refractivity (Wildman–Crippen MR) is 127 cm³/mol. The van der Waals surface area contributed by atoms with E-state index in [1.165, 1.54) is 20.8 Å². The second-order valence-electron chi connectivity index (χ2n) is 11.9. The second kappa shape index (κ2) is 9.47. The highest BCUT2D eigenvalue weighted by Gasteiger charge is 2.80. The summed E-state index contributed by atoms with van der Waals surface area (Å²) in [6, 6.07) is 0. The van der Waals surface area contributed by atoms with Crippen LogP contribution < -0.4 is 0 Å². The maximum Gasteiger partial charge on any atom is 0.303 e. The van der Waals surface area contributed by atoms with Gasteiger partial charge in [-0.25, -0.2) is 0 Å². The van der Waals surface area contributed by atoms with Crippen molar-refractivity contribution in [2.24, 2.45) is 28.6 Å². The number of rotatable bonds is 6. The number of epoxide rings is 1. The molecule has 1 spiro atoms. The second-order valence-corrected chi connectivity index (χ2v) is 11.9. The minimum Gasteiger partial charge on any atom is -0.465 e. The molecule has 2 aliphatic carbocycles. The number of methoxy groups -OCH3 is 1. The fourth-order valence-electron chi connectivity index (χ4n) is 8.28. The van der Waals surface area contributed by atoms with E-state index < -0.39 is 41.1 Å². The molecule has 0 N–H and O–H groups in total. The first-order valence-electron chi connectivity index (χ1n) is 13.4. The van der Waals surface area contributed by atoms with Gasteiger partial charge >= 0.3 is 17.9 Å². The highest BCUT2D eigenvalue weighted by atomic mass is 16.8. The summed E-state index contributed by atoms with van der Waals surface area (Å²) in [6.45, 7) is 8.92. The lowest BCUT2D eigenvalue weighted by Gasteiger charge is -2.64. The molecule has 5 aliphatic rings. The summed E-state index contributed by atoms with van der Waals surface area (Å²) in [5, 5.41) is 0. The Hall–Kier alpha value is -1.75. The Labute approximate surface area is 217 Å². The summed E-state index contributed by atoms with van der Waals surface area (Å²) in [6.07, 6.45) is 1.63. The average Bonchev–Trinajstić information content (AvgIpc) is 3.36. The summed E-state index contributed by atoms with van der Waals surface area (Å²) in [4.78, 5) is 36.6. The molecule has 3 aliphatic heterocycles. The molecular formula is C27H40O10. The standard InChI is InChI=1S/C27H40O10/c1-14-9-22(35-17(4)30)26(12-32-15(2)28)19(7-8-20(34-16(3)29)27(26)13-33-27)25(14,5)21-10-18-11-23(31-6)37-24(18)36-21/h14,18-24H,7-13H2,1-6H3/t14-,18+,19-,20+,21+,22+,23-,24-,25+,26+,27-/m1/s1. The number of carbonyl (C=O) groups excluding carboxylic acids is 3. The van der Waals surface area contributed by atoms with Crippen molar-refractivity contribution in [2.75, 3.05) is 20.3 Å². The van der Waals surface area contributed by atoms with E-state index >= 15 is 0 Å². The molecule has 11 atom stereocenters. The molecule has 0 bridgehead atoms. The van der Waals surface area contributed by atoms with E-state index in [-0.39, 0.29) is 48.5 Å². The smallest absolute Gasteiger partial charge is 0.303 e. The minimum atomic E-state index is -0.912. The van der Waals surface area contributed by atoms with Crippen LogP contribution in [0.1, 0.15) is 66.7 Å². The van der Waals surface area contributed by atoms with E-state index in [4.69, 9.17) is 33.2 Å². The topological polar surface area (TPSA) is 119 Å². The predicted octanol–water partition coefficient (Wildman–Crippen LogP) is 2.75. The van der Waals surface area contributed by atoms with Crippen LogP contribution in [0.2, 0.25) is 0 Å². The number of hydrogen-bond donors (Lipinski definition) is 0. The molecule has 10 nitrogen and oxygen atoms in total. The lowest BCUT2D eigenvalue weighted by Crippen LogP contribution is -2.72. The lowest BCUT2D eigenvalue weighted by atomic mass is 9.42. The van der Waals surface area contributed by atoms with Crippen molar-refractivity contribution in [2.45, 2.75) is 103 Å². The number of esters is 3. The highest BCUT2D eigenvalue weighted by Crippen LogP contribution is 2.70. The van der Waals surface area contributed by atoms with Gasteiger partial charge in [-0.05, 0) is 37.5 Å². The summed E-state index contributed by atoms with van der Waals surface area (Å²) in [7, 11) is 1.64. The van der Waals surface area contributed by atoms with Gasteiger partial charge in [0.05, 0.1) is 18.1 Å². The molecule has 0 aromatic heterocycles. The van der Waals surface area contributed by atoms with Crippen LogP contribution in [0.3, 0.4) is 0 Å². The molecule has 5 rings (SSSR count). The van der Waals surface area contributed by atoms with Gasteiger partial charge in [-0.15, -0.1) is 0 Å². The molecule has 2 saturated carbocycles. The monoisotopic (exact) mass is 524 g/mol. The van der Waals surface area contributed by atoms with Crippen LogP contribution in [0, 0.1) is 28.6 Å². The van der Waals surface area contributed by atoms with Gasteiger partial charge in [0, 0.05) is 45.6 Å². The van der Waals surface area contributed by atoms with Gasteiger partial charge in [0.15, 0.2) is 12.6 Å². The van der Waals surface area contributed by atoms with Crippen LogP contribution in [0.15, 0.2) is 0 Å². The molecule has 3 saturated heterocycles. The Morgan fingerprint density at radius 1 is 0.919 bits per heavy atom. The van der Waals surface area contributed by atoms with Crippen LogP contribution in [0.5, 0.6) is 0 Å². The zero-order valence-corrected chi connectivity index (χ0v) is 22.7. The molecule has 0 unspecified atom stereocenters. The van der Waals surface area contributed by atoms with Crippen molar-refractivity contribution in [1.29, 1.82) is 0 Å². The third-order valence-corrected chi connectivity index (χ3v) is 10.1. The third-order valence-electron chi connectivity index (χ3n) is 10.1. The van der Waals surface area contributed by atoms with Crippen molar-refractivity contribution >= 4 is 17.9 Å². The first-order valence-corrected chi connectivity index (χ1v) is 13.4. The van der Waals surface area contributed by atoms with Gasteiger partial charge in [0.2, 0.25) is 0 Å². The maximum absolute atomic E-state index is 12.4. The first-order chi connectivity index (χ1) is 17.5.